The molecule has 68 valence electrons. The molecule has 0 unspecified atom stereocenters. The summed E-state index contributed by atoms with van der Waals surface area (Å²) in [5.41, 5.74) is 3.02. The number of rotatable bonds is 1. The van der Waals surface area contributed by atoms with Crippen molar-refractivity contribution in [2.45, 2.75) is 31.4 Å². The van der Waals surface area contributed by atoms with E-state index < -0.39 is 0 Å². The molecule has 1 aromatic rings. The number of thioether (sulfide) groups is 1. The molecule has 0 spiro atoms. The molecule has 0 amide bonds. The van der Waals surface area contributed by atoms with Gasteiger partial charge >= 0.3 is 0 Å². The van der Waals surface area contributed by atoms with E-state index in [0.29, 0.717) is 0 Å². The summed E-state index contributed by atoms with van der Waals surface area (Å²) in [7, 11) is 0. The second-order valence-corrected chi connectivity index (χ2v) is 4.40. The maximum Gasteiger partial charge on any atom is 0.143 e. The second kappa shape index (κ2) is 3.08. The van der Waals surface area contributed by atoms with Crippen molar-refractivity contribution in [3.8, 4) is 6.07 Å². The van der Waals surface area contributed by atoms with Crippen LogP contribution < -0.4 is 0 Å². The Morgan fingerprint density at radius 1 is 1.54 bits per heavy atom. The van der Waals surface area contributed by atoms with Crippen molar-refractivity contribution in [2.24, 2.45) is 0 Å². The number of aromatic nitrogens is 2. The lowest BCUT2D eigenvalue weighted by Gasteiger charge is -2.06. The zero-order chi connectivity index (χ0) is 9.42. The van der Waals surface area contributed by atoms with E-state index in [2.05, 4.69) is 25.0 Å². The van der Waals surface area contributed by atoms with Gasteiger partial charge in [-0.05, 0) is 13.8 Å². The van der Waals surface area contributed by atoms with Gasteiger partial charge in [-0.2, -0.15) is 22.1 Å². The van der Waals surface area contributed by atoms with E-state index in [4.69, 9.17) is 5.26 Å². The fraction of sp³-hybridized carbons (Fsp3) is 0.556. The summed E-state index contributed by atoms with van der Waals surface area (Å²) in [6, 6.07) is 2.53. The van der Waals surface area contributed by atoms with Gasteiger partial charge in [-0.15, -0.1) is 0 Å². The van der Waals surface area contributed by atoms with E-state index in [9.17, 15) is 0 Å². The largest absolute Gasteiger partial charge is 0.252 e. The standard InChI is InChI=1S/C9H11N3S/c1-6(2)12-9(3-10)7-4-13-5-8(7)11-12/h6H,4-5H2,1-2H3. The molecule has 1 aliphatic heterocycles. The van der Waals surface area contributed by atoms with E-state index in [1.807, 2.05) is 16.4 Å². The minimum atomic E-state index is 0.283. The van der Waals surface area contributed by atoms with E-state index in [-0.39, 0.29) is 6.04 Å². The Kier molecular flexibility index (Phi) is 2.04. The highest BCUT2D eigenvalue weighted by molar-refractivity contribution is 7.98. The fourth-order valence-corrected chi connectivity index (χ4v) is 2.56. The monoisotopic (exact) mass is 193 g/mol. The Labute approximate surface area is 81.7 Å². The predicted octanol–water partition coefficient (Wildman–Crippen LogP) is 2.08. The van der Waals surface area contributed by atoms with E-state index in [0.717, 1.165) is 28.5 Å². The average Bonchev–Trinajstić information content (AvgIpc) is 2.60. The van der Waals surface area contributed by atoms with Crippen LogP contribution >= 0.6 is 11.8 Å². The Morgan fingerprint density at radius 2 is 2.31 bits per heavy atom. The van der Waals surface area contributed by atoms with Gasteiger partial charge in [0.2, 0.25) is 0 Å². The van der Waals surface area contributed by atoms with Crippen LogP contribution in [0.3, 0.4) is 0 Å². The van der Waals surface area contributed by atoms with Crippen LogP contribution in [0.2, 0.25) is 0 Å². The molecule has 0 fully saturated rings. The lowest BCUT2D eigenvalue weighted by molar-refractivity contribution is 0.523. The van der Waals surface area contributed by atoms with Gasteiger partial charge in [-0.3, -0.25) is 4.68 Å². The molecule has 0 radical (unpaired) electrons. The van der Waals surface area contributed by atoms with Crippen LogP contribution in [0.4, 0.5) is 0 Å². The van der Waals surface area contributed by atoms with Gasteiger partial charge in [0, 0.05) is 23.1 Å². The van der Waals surface area contributed by atoms with Crippen LogP contribution in [0.1, 0.15) is 36.8 Å². The molecule has 2 rings (SSSR count). The molecule has 0 bridgehead atoms. The molecule has 1 aromatic heterocycles. The van der Waals surface area contributed by atoms with Gasteiger partial charge in [0.15, 0.2) is 0 Å². The predicted molar refractivity (Wildman–Crippen MR) is 52.3 cm³/mol. The SMILES string of the molecule is CC(C)n1nc2c(c1C#N)CSC2. The number of hydrogen-bond acceptors (Lipinski definition) is 3. The molecule has 0 saturated carbocycles. The summed E-state index contributed by atoms with van der Waals surface area (Å²) in [5.74, 6) is 1.91. The first-order valence-corrected chi connectivity index (χ1v) is 5.47. The summed E-state index contributed by atoms with van der Waals surface area (Å²) in [4.78, 5) is 0. The molecule has 13 heavy (non-hydrogen) atoms. The molecular weight excluding hydrogens is 182 g/mol. The highest BCUT2D eigenvalue weighted by Gasteiger charge is 2.23. The van der Waals surface area contributed by atoms with Crippen molar-refractivity contribution in [1.29, 1.82) is 5.26 Å². The van der Waals surface area contributed by atoms with Gasteiger partial charge in [-0.25, -0.2) is 0 Å². The first-order valence-electron chi connectivity index (χ1n) is 4.32. The lowest BCUT2D eigenvalue weighted by atomic mass is 10.2. The normalized spacial score (nSPS) is 14.6. The minimum absolute atomic E-state index is 0.283. The van der Waals surface area contributed by atoms with Gasteiger partial charge < -0.3 is 0 Å². The maximum atomic E-state index is 9.00. The Hall–Kier alpha value is -0.950. The number of nitriles is 1. The van der Waals surface area contributed by atoms with Crippen molar-refractivity contribution in [1.82, 2.24) is 9.78 Å². The van der Waals surface area contributed by atoms with Crippen LogP contribution in [0.25, 0.3) is 0 Å². The number of hydrogen-bond donors (Lipinski definition) is 0. The summed E-state index contributed by atoms with van der Waals surface area (Å²) < 4.78 is 1.84. The first-order chi connectivity index (χ1) is 6.24. The first kappa shape index (κ1) is 8.64. The Balaban J connectivity index is 2.55. The van der Waals surface area contributed by atoms with E-state index in [1.54, 1.807) is 0 Å². The number of nitrogens with zero attached hydrogens (tertiary/aromatic N) is 3. The molecule has 0 N–H and O–H groups in total. The van der Waals surface area contributed by atoms with Crippen molar-refractivity contribution in [3.05, 3.63) is 17.0 Å². The average molecular weight is 193 g/mol. The van der Waals surface area contributed by atoms with Gasteiger partial charge in [0.25, 0.3) is 0 Å². The van der Waals surface area contributed by atoms with E-state index in [1.165, 1.54) is 0 Å². The molecule has 1 aliphatic rings. The van der Waals surface area contributed by atoms with Gasteiger partial charge in [-0.1, -0.05) is 0 Å². The molecule has 3 nitrogen and oxygen atoms in total. The smallest absolute Gasteiger partial charge is 0.143 e. The topological polar surface area (TPSA) is 41.6 Å². The molecule has 2 heterocycles. The molecular formula is C9H11N3S. The third-order valence-electron chi connectivity index (χ3n) is 2.17. The second-order valence-electron chi connectivity index (χ2n) is 3.42. The molecule has 0 atom stereocenters. The third kappa shape index (κ3) is 1.24. The molecule has 0 saturated heterocycles. The van der Waals surface area contributed by atoms with Crippen LogP contribution in [0, 0.1) is 11.3 Å². The zero-order valence-electron chi connectivity index (χ0n) is 7.74. The van der Waals surface area contributed by atoms with Crippen LogP contribution in [0.15, 0.2) is 0 Å². The minimum Gasteiger partial charge on any atom is -0.252 e. The Morgan fingerprint density at radius 3 is 2.92 bits per heavy atom. The summed E-state index contributed by atoms with van der Waals surface area (Å²) >= 11 is 1.83. The van der Waals surface area contributed by atoms with Crippen LogP contribution in [-0.2, 0) is 11.5 Å². The summed E-state index contributed by atoms with van der Waals surface area (Å²) in [6.45, 7) is 4.10. The van der Waals surface area contributed by atoms with Gasteiger partial charge in [0.05, 0.1) is 5.69 Å². The highest BCUT2D eigenvalue weighted by atomic mass is 32.2. The van der Waals surface area contributed by atoms with Crippen molar-refractivity contribution < 1.29 is 0 Å². The van der Waals surface area contributed by atoms with Crippen molar-refractivity contribution in [2.75, 3.05) is 0 Å². The van der Waals surface area contributed by atoms with Crippen molar-refractivity contribution >= 4 is 11.8 Å². The molecule has 0 aliphatic carbocycles. The molecule has 0 aromatic carbocycles. The summed E-state index contributed by atoms with van der Waals surface area (Å²) in [5, 5.41) is 13.4. The van der Waals surface area contributed by atoms with Gasteiger partial charge in [0.1, 0.15) is 11.8 Å². The number of fused-ring (bicyclic) bond motifs is 1. The van der Waals surface area contributed by atoms with Crippen LogP contribution in [0.5, 0.6) is 0 Å². The van der Waals surface area contributed by atoms with Crippen LogP contribution in [-0.4, -0.2) is 9.78 Å². The van der Waals surface area contributed by atoms with Crippen molar-refractivity contribution in [3.63, 3.8) is 0 Å². The highest BCUT2D eigenvalue weighted by Crippen LogP contribution is 2.32. The Bertz CT molecular complexity index is 373. The van der Waals surface area contributed by atoms with E-state index >= 15 is 0 Å². The summed E-state index contributed by atoms with van der Waals surface area (Å²) in [6.07, 6.45) is 0. The third-order valence-corrected chi connectivity index (χ3v) is 3.14. The maximum absolute atomic E-state index is 9.00. The fourth-order valence-electron chi connectivity index (χ4n) is 1.53. The molecule has 4 heteroatoms. The quantitative estimate of drug-likeness (QED) is 0.685. The lowest BCUT2D eigenvalue weighted by Crippen LogP contribution is -2.06. The zero-order valence-corrected chi connectivity index (χ0v) is 8.56.